The molecule has 7 heteroatoms. The second kappa shape index (κ2) is 7.88. The Balaban J connectivity index is 1.52. The van der Waals surface area contributed by atoms with E-state index in [0.29, 0.717) is 25.4 Å². The van der Waals surface area contributed by atoms with E-state index < -0.39 is 0 Å². The molecule has 0 saturated carbocycles. The van der Waals surface area contributed by atoms with Crippen LogP contribution in [0.4, 0.5) is 0 Å². The van der Waals surface area contributed by atoms with Crippen molar-refractivity contribution in [3.05, 3.63) is 12.7 Å². The molecule has 2 fully saturated rings. The molecule has 0 unspecified atom stereocenters. The molecule has 128 valence electrons. The number of aliphatic hydroxyl groups excluding tert-OH is 1. The summed E-state index contributed by atoms with van der Waals surface area (Å²) < 4.78 is 1.83. The largest absolute Gasteiger partial charge is 0.396 e. The summed E-state index contributed by atoms with van der Waals surface area (Å²) in [7, 11) is 0. The highest BCUT2D eigenvalue weighted by atomic mass is 16.3. The van der Waals surface area contributed by atoms with E-state index in [1.165, 1.54) is 25.9 Å². The monoisotopic (exact) mass is 321 g/mol. The molecule has 1 aromatic rings. The number of amides is 1. The summed E-state index contributed by atoms with van der Waals surface area (Å²) in [5, 5.41) is 17.1. The molecule has 1 aromatic heterocycles. The molecule has 23 heavy (non-hydrogen) atoms. The zero-order valence-electron chi connectivity index (χ0n) is 13.7. The third-order valence-electron chi connectivity index (χ3n) is 5.00. The Hall–Kier alpha value is -1.47. The highest BCUT2D eigenvalue weighted by Crippen LogP contribution is 2.24. The molecule has 7 nitrogen and oxygen atoms in total. The fourth-order valence-electron chi connectivity index (χ4n) is 3.84. The SMILES string of the molecule is O=C(CCn1cnnc1)N1C[C@@H](CN2CCCC2)C[C@H](CO)C1. The van der Waals surface area contributed by atoms with Gasteiger partial charge in [0, 0.05) is 39.2 Å². The Labute approximate surface area is 137 Å². The van der Waals surface area contributed by atoms with Crippen molar-refractivity contribution in [2.75, 3.05) is 39.3 Å². The van der Waals surface area contributed by atoms with Gasteiger partial charge in [0.15, 0.2) is 0 Å². The average molecular weight is 321 g/mol. The number of hydrogen-bond donors (Lipinski definition) is 1. The number of hydrogen-bond acceptors (Lipinski definition) is 5. The summed E-state index contributed by atoms with van der Waals surface area (Å²) in [6.07, 6.45) is 7.34. The molecule has 2 saturated heterocycles. The Kier molecular flexibility index (Phi) is 5.61. The predicted molar refractivity (Wildman–Crippen MR) is 85.6 cm³/mol. The van der Waals surface area contributed by atoms with Crippen LogP contribution in [0.3, 0.4) is 0 Å². The molecule has 1 amide bonds. The van der Waals surface area contributed by atoms with Crippen LogP contribution in [-0.2, 0) is 11.3 Å². The van der Waals surface area contributed by atoms with Crippen molar-refractivity contribution in [3.8, 4) is 0 Å². The maximum Gasteiger partial charge on any atom is 0.224 e. The van der Waals surface area contributed by atoms with E-state index in [0.717, 1.165) is 19.5 Å². The van der Waals surface area contributed by atoms with Gasteiger partial charge in [-0.1, -0.05) is 0 Å². The van der Waals surface area contributed by atoms with E-state index in [9.17, 15) is 9.90 Å². The van der Waals surface area contributed by atoms with Crippen LogP contribution in [0.15, 0.2) is 12.7 Å². The van der Waals surface area contributed by atoms with Gasteiger partial charge in [-0.05, 0) is 44.2 Å². The number of piperidine rings is 1. The minimum absolute atomic E-state index is 0.170. The first-order valence-electron chi connectivity index (χ1n) is 8.68. The van der Waals surface area contributed by atoms with Gasteiger partial charge in [-0.3, -0.25) is 4.79 Å². The van der Waals surface area contributed by atoms with Crippen LogP contribution in [0.5, 0.6) is 0 Å². The standard InChI is InChI=1S/C16H27N5O2/c22-11-15-7-14(8-19-4-1-2-5-19)9-21(10-15)16(23)3-6-20-12-17-18-13-20/h12-15,22H,1-11H2/t14-,15+/m1/s1. The normalized spacial score (nSPS) is 25.9. The van der Waals surface area contributed by atoms with Crippen molar-refractivity contribution in [1.82, 2.24) is 24.6 Å². The highest BCUT2D eigenvalue weighted by Gasteiger charge is 2.30. The Morgan fingerprint density at radius 2 is 1.83 bits per heavy atom. The first-order valence-corrected chi connectivity index (χ1v) is 8.68. The maximum absolute atomic E-state index is 12.5. The lowest BCUT2D eigenvalue weighted by Gasteiger charge is -2.38. The van der Waals surface area contributed by atoms with Gasteiger partial charge in [-0.2, -0.15) is 0 Å². The van der Waals surface area contributed by atoms with Gasteiger partial charge in [0.2, 0.25) is 5.91 Å². The van der Waals surface area contributed by atoms with Crippen LogP contribution >= 0.6 is 0 Å². The molecule has 0 aliphatic carbocycles. The fourth-order valence-corrected chi connectivity index (χ4v) is 3.84. The molecule has 3 rings (SSSR count). The third-order valence-corrected chi connectivity index (χ3v) is 5.00. The van der Waals surface area contributed by atoms with Gasteiger partial charge in [-0.25, -0.2) is 0 Å². The zero-order valence-corrected chi connectivity index (χ0v) is 13.7. The van der Waals surface area contributed by atoms with Crippen molar-refractivity contribution in [3.63, 3.8) is 0 Å². The number of aryl methyl sites for hydroxylation is 1. The van der Waals surface area contributed by atoms with Gasteiger partial charge in [0.05, 0.1) is 0 Å². The van der Waals surface area contributed by atoms with E-state index in [-0.39, 0.29) is 18.4 Å². The molecule has 0 bridgehead atoms. The highest BCUT2D eigenvalue weighted by molar-refractivity contribution is 5.76. The first kappa shape index (κ1) is 16.4. The molecular formula is C16H27N5O2. The second-order valence-corrected chi connectivity index (χ2v) is 6.91. The quantitative estimate of drug-likeness (QED) is 0.811. The van der Waals surface area contributed by atoms with Crippen molar-refractivity contribution in [2.24, 2.45) is 11.8 Å². The smallest absolute Gasteiger partial charge is 0.224 e. The number of aromatic nitrogens is 3. The lowest BCUT2D eigenvalue weighted by molar-refractivity contribution is -0.135. The van der Waals surface area contributed by atoms with Gasteiger partial charge in [0.1, 0.15) is 12.7 Å². The summed E-state index contributed by atoms with van der Waals surface area (Å²) in [6, 6.07) is 0. The third kappa shape index (κ3) is 4.51. The van der Waals surface area contributed by atoms with Crippen LogP contribution in [0.2, 0.25) is 0 Å². The summed E-state index contributed by atoms with van der Waals surface area (Å²) >= 11 is 0. The van der Waals surface area contributed by atoms with Crippen molar-refractivity contribution in [1.29, 1.82) is 0 Å². The Morgan fingerprint density at radius 1 is 1.13 bits per heavy atom. The molecule has 3 heterocycles. The van der Waals surface area contributed by atoms with E-state index in [2.05, 4.69) is 15.1 Å². The lowest BCUT2D eigenvalue weighted by atomic mass is 9.89. The molecule has 0 spiro atoms. The Morgan fingerprint density at radius 3 is 2.52 bits per heavy atom. The van der Waals surface area contributed by atoms with E-state index in [1.54, 1.807) is 12.7 Å². The molecular weight excluding hydrogens is 294 g/mol. The van der Waals surface area contributed by atoms with Crippen LogP contribution in [0.1, 0.15) is 25.7 Å². The molecule has 2 aliphatic rings. The van der Waals surface area contributed by atoms with Crippen LogP contribution in [0, 0.1) is 11.8 Å². The summed E-state index contributed by atoms with van der Waals surface area (Å²) in [5.41, 5.74) is 0. The number of likely N-dealkylation sites (tertiary alicyclic amines) is 2. The van der Waals surface area contributed by atoms with Gasteiger partial charge in [-0.15, -0.1) is 10.2 Å². The molecule has 1 N–H and O–H groups in total. The minimum atomic E-state index is 0.170. The summed E-state index contributed by atoms with van der Waals surface area (Å²) in [4.78, 5) is 17.0. The summed E-state index contributed by atoms with van der Waals surface area (Å²) in [5.74, 6) is 0.872. The molecule has 0 radical (unpaired) electrons. The number of carbonyl (C=O) groups is 1. The van der Waals surface area contributed by atoms with Crippen LogP contribution in [-0.4, -0.2) is 74.9 Å². The first-order chi connectivity index (χ1) is 11.2. The van der Waals surface area contributed by atoms with Gasteiger partial charge < -0.3 is 19.5 Å². The Bertz CT molecular complexity index is 487. The number of aliphatic hydroxyl groups is 1. The minimum Gasteiger partial charge on any atom is -0.396 e. The van der Waals surface area contributed by atoms with Crippen molar-refractivity contribution in [2.45, 2.75) is 32.2 Å². The topological polar surface area (TPSA) is 74.5 Å². The van der Waals surface area contributed by atoms with Gasteiger partial charge in [0.25, 0.3) is 0 Å². The molecule has 2 aliphatic heterocycles. The van der Waals surface area contributed by atoms with Crippen molar-refractivity contribution < 1.29 is 9.90 Å². The van der Waals surface area contributed by atoms with E-state index >= 15 is 0 Å². The zero-order chi connectivity index (χ0) is 16.1. The second-order valence-electron chi connectivity index (χ2n) is 6.91. The van der Waals surface area contributed by atoms with Crippen LogP contribution < -0.4 is 0 Å². The van der Waals surface area contributed by atoms with Gasteiger partial charge >= 0.3 is 0 Å². The maximum atomic E-state index is 12.5. The summed E-state index contributed by atoms with van der Waals surface area (Å²) in [6.45, 7) is 5.73. The van der Waals surface area contributed by atoms with Crippen LogP contribution in [0.25, 0.3) is 0 Å². The van der Waals surface area contributed by atoms with Crippen molar-refractivity contribution >= 4 is 5.91 Å². The van der Waals surface area contributed by atoms with E-state index in [1.807, 2.05) is 9.47 Å². The average Bonchev–Trinajstić information content (AvgIpc) is 3.25. The number of rotatable bonds is 6. The number of nitrogens with zero attached hydrogens (tertiary/aromatic N) is 5. The number of carbonyl (C=O) groups excluding carboxylic acids is 1. The molecule has 2 atom stereocenters. The lowest BCUT2D eigenvalue weighted by Crippen LogP contribution is -2.47. The fraction of sp³-hybridized carbons (Fsp3) is 0.812. The predicted octanol–water partition coefficient (Wildman–Crippen LogP) is 0.221. The van der Waals surface area contributed by atoms with E-state index in [4.69, 9.17) is 0 Å². The molecule has 0 aromatic carbocycles.